The van der Waals surface area contributed by atoms with E-state index in [0.717, 1.165) is 28.2 Å². The summed E-state index contributed by atoms with van der Waals surface area (Å²) < 4.78 is 14.0. The van der Waals surface area contributed by atoms with Crippen molar-refractivity contribution in [3.05, 3.63) is 42.1 Å². The van der Waals surface area contributed by atoms with Crippen molar-refractivity contribution in [3.8, 4) is 10.6 Å². The van der Waals surface area contributed by atoms with Crippen LogP contribution in [0.3, 0.4) is 0 Å². The van der Waals surface area contributed by atoms with Gasteiger partial charge in [0.2, 0.25) is 0 Å². The Morgan fingerprint density at radius 2 is 2.07 bits per heavy atom. The number of carbonyl (C=O) groups is 1. The second-order valence-electron chi connectivity index (χ2n) is 7.84. The molecule has 1 atom stereocenters. The van der Waals surface area contributed by atoms with E-state index in [9.17, 15) is 14.3 Å². The summed E-state index contributed by atoms with van der Waals surface area (Å²) in [5.41, 5.74) is 1.07. The summed E-state index contributed by atoms with van der Waals surface area (Å²) in [6, 6.07) is 10.1. The maximum absolute atomic E-state index is 14.0. The zero-order valence-electron chi connectivity index (χ0n) is 16.3. The van der Waals surface area contributed by atoms with Gasteiger partial charge in [0.15, 0.2) is 0 Å². The third kappa shape index (κ3) is 4.38. The van der Waals surface area contributed by atoms with Gasteiger partial charge in [0.25, 0.3) is 5.91 Å². The van der Waals surface area contributed by atoms with E-state index in [1.165, 1.54) is 31.4 Å². The zero-order valence-corrected chi connectivity index (χ0v) is 17.1. The molecule has 0 spiro atoms. The first kappa shape index (κ1) is 19.7. The molecule has 1 aliphatic carbocycles. The number of anilines is 1. The van der Waals surface area contributed by atoms with Gasteiger partial charge >= 0.3 is 0 Å². The van der Waals surface area contributed by atoms with Gasteiger partial charge in [0.05, 0.1) is 23.4 Å². The first-order valence-corrected chi connectivity index (χ1v) is 10.4. The van der Waals surface area contributed by atoms with Gasteiger partial charge in [-0.2, -0.15) is 0 Å². The number of aromatic nitrogens is 2. The molecule has 2 heterocycles. The quantitative estimate of drug-likeness (QED) is 0.548. The molecule has 1 saturated carbocycles. The fraction of sp³-hybridized carbons (Fsp3) is 0.381. The van der Waals surface area contributed by atoms with Crippen molar-refractivity contribution < 1.29 is 14.3 Å². The van der Waals surface area contributed by atoms with Crippen LogP contribution in [0.25, 0.3) is 20.9 Å². The van der Waals surface area contributed by atoms with Crippen LogP contribution in [0.2, 0.25) is 0 Å². The molecule has 6 nitrogen and oxygen atoms in total. The van der Waals surface area contributed by atoms with Gasteiger partial charge in [-0.25, -0.2) is 14.4 Å². The largest absolute Gasteiger partial charge is 0.387 e. The average molecular weight is 415 g/mol. The second kappa shape index (κ2) is 7.68. The average Bonchev–Trinajstić information content (AvgIpc) is 3.40. The number of aliphatic hydroxyl groups is 1. The number of amides is 1. The lowest BCUT2D eigenvalue weighted by Gasteiger charge is -2.22. The molecule has 1 amide bonds. The zero-order chi connectivity index (χ0) is 20.6. The highest BCUT2D eigenvalue weighted by atomic mass is 32.1. The predicted molar refractivity (Wildman–Crippen MR) is 113 cm³/mol. The molecule has 8 heteroatoms. The highest BCUT2D eigenvalue weighted by Crippen LogP contribution is 2.36. The number of hydrogen-bond acceptors (Lipinski definition) is 6. The van der Waals surface area contributed by atoms with E-state index in [-0.39, 0.29) is 6.54 Å². The Morgan fingerprint density at radius 1 is 1.34 bits per heavy atom. The maximum atomic E-state index is 14.0. The number of hydrogen-bond donors (Lipinski definition) is 3. The van der Waals surface area contributed by atoms with Crippen LogP contribution in [0.5, 0.6) is 0 Å². The number of carbonyl (C=O) groups excluding carboxylic acids is 1. The number of nitrogens with zero attached hydrogens (tertiary/aromatic N) is 2. The lowest BCUT2D eigenvalue weighted by Crippen LogP contribution is -2.42. The first-order chi connectivity index (χ1) is 13.8. The van der Waals surface area contributed by atoms with Crippen LogP contribution in [0.15, 0.2) is 36.5 Å². The second-order valence-corrected chi connectivity index (χ2v) is 8.81. The number of thiazole rings is 1. The van der Waals surface area contributed by atoms with Gasteiger partial charge in [-0.1, -0.05) is 41.7 Å². The molecule has 1 fully saturated rings. The molecule has 152 valence electrons. The first-order valence-electron chi connectivity index (χ1n) is 9.59. The van der Waals surface area contributed by atoms with Crippen molar-refractivity contribution >= 4 is 33.3 Å². The lowest BCUT2D eigenvalue weighted by molar-refractivity contribution is -0.00177. The summed E-state index contributed by atoms with van der Waals surface area (Å²) in [5.74, 6) is -0.441. The summed E-state index contributed by atoms with van der Waals surface area (Å²) in [7, 11) is 0. The standard InChI is InChI=1S/C21H23FN4O2S/c1-21(2,28)15(22)11-23-18(27)14-10-24-20-17(16(14)25-13-8-9-13)26-19(29-20)12-6-4-3-5-7-12/h3-7,10,13,15,28H,8-9,11H2,1-2H3,(H,23,27)(H,24,25). The lowest BCUT2D eigenvalue weighted by atomic mass is 10.0. The van der Waals surface area contributed by atoms with Gasteiger partial charge in [0, 0.05) is 17.8 Å². The predicted octanol–water partition coefficient (Wildman–Crippen LogP) is 3.77. The Kier molecular flexibility index (Phi) is 5.23. The van der Waals surface area contributed by atoms with E-state index >= 15 is 0 Å². The number of benzene rings is 1. The topological polar surface area (TPSA) is 87.1 Å². The smallest absolute Gasteiger partial charge is 0.255 e. The Morgan fingerprint density at radius 3 is 2.72 bits per heavy atom. The summed E-state index contributed by atoms with van der Waals surface area (Å²) in [5, 5.41) is 16.5. The molecule has 0 radical (unpaired) electrons. The van der Waals surface area contributed by atoms with Gasteiger partial charge in [-0.15, -0.1) is 0 Å². The highest BCUT2D eigenvalue weighted by molar-refractivity contribution is 7.21. The molecule has 29 heavy (non-hydrogen) atoms. The van der Waals surface area contributed by atoms with Crippen LogP contribution in [-0.2, 0) is 0 Å². The van der Waals surface area contributed by atoms with Crippen molar-refractivity contribution in [3.63, 3.8) is 0 Å². The van der Waals surface area contributed by atoms with Crippen molar-refractivity contribution in [2.24, 2.45) is 0 Å². The van der Waals surface area contributed by atoms with E-state index in [1.54, 1.807) is 0 Å². The van der Waals surface area contributed by atoms with E-state index < -0.39 is 17.7 Å². The molecule has 1 aromatic carbocycles. The minimum Gasteiger partial charge on any atom is -0.387 e. The number of fused-ring (bicyclic) bond motifs is 1. The fourth-order valence-corrected chi connectivity index (χ4v) is 3.78. The third-order valence-corrected chi connectivity index (χ3v) is 5.84. The summed E-state index contributed by atoms with van der Waals surface area (Å²) in [6.45, 7) is 2.46. The minimum absolute atomic E-state index is 0.282. The Balaban J connectivity index is 1.67. The normalized spacial score (nSPS) is 15.3. The molecule has 0 saturated heterocycles. The number of alkyl halides is 1. The fourth-order valence-electron chi connectivity index (χ4n) is 2.86. The van der Waals surface area contributed by atoms with Crippen LogP contribution >= 0.6 is 11.3 Å². The van der Waals surface area contributed by atoms with Crippen molar-refractivity contribution in [1.82, 2.24) is 15.3 Å². The van der Waals surface area contributed by atoms with Crippen LogP contribution in [-0.4, -0.2) is 45.3 Å². The minimum atomic E-state index is -1.58. The van der Waals surface area contributed by atoms with Gasteiger partial charge in [0.1, 0.15) is 21.5 Å². The number of rotatable bonds is 7. The van der Waals surface area contributed by atoms with E-state index in [2.05, 4.69) is 15.6 Å². The van der Waals surface area contributed by atoms with Gasteiger partial charge < -0.3 is 15.7 Å². The summed E-state index contributed by atoms with van der Waals surface area (Å²) in [4.78, 5) is 22.7. The Hall–Kier alpha value is -2.58. The Labute approximate surface area is 172 Å². The van der Waals surface area contributed by atoms with Crippen LogP contribution in [0.1, 0.15) is 37.0 Å². The van der Waals surface area contributed by atoms with Crippen LogP contribution in [0, 0.1) is 0 Å². The molecule has 3 N–H and O–H groups in total. The number of halogens is 1. The molecule has 3 aromatic rings. The molecule has 2 aromatic heterocycles. The molecule has 4 rings (SSSR count). The molecule has 1 unspecified atom stereocenters. The maximum Gasteiger partial charge on any atom is 0.255 e. The van der Waals surface area contributed by atoms with E-state index in [4.69, 9.17) is 4.98 Å². The third-order valence-electron chi connectivity index (χ3n) is 4.83. The molecular weight excluding hydrogens is 391 g/mol. The highest BCUT2D eigenvalue weighted by Gasteiger charge is 2.29. The molecule has 0 aliphatic heterocycles. The number of nitrogens with one attached hydrogen (secondary N) is 2. The number of pyridine rings is 1. The van der Waals surface area contributed by atoms with Crippen LogP contribution < -0.4 is 10.6 Å². The van der Waals surface area contributed by atoms with Crippen LogP contribution in [0.4, 0.5) is 10.1 Å². The Bertz CT molecular complexity index is 1030. The molecule has 1 aliphatic rings. The summed E-state index contributed by atoms with van der Waals surface area (Å²) in [6.07, 6.45) is 2.00. The van der Waals surface area contributed by atoms with E-state index in [1.807, 2.05) is 30.3 Å². The molecular formula is C21H23FN4O2S. The summed E-state index contributed by atoms with van der Waals surface area (Å²) >= 11 is 1.47. The van der Waals surface area contributed by atoms with Gasteiger partial charge in [-0.05, 0) is 26.7 Å². The van der Waals surface area contributed by atoms with Gasteiger partial charge in [-0.3, -0.25) is 4.79 Å². The monoisotopic (exact) mass is 414 g/mol. The SMILES string of the molecule is CC(C)(O)C(F)CNC(=O)c1cnc2sc(-c3ccccc3)nc2c1NC1CC1. The van der Waals surface area contributed by atoms with E-state index in [0.29, 0.717) is 22.8 Å². The van der Waals surface area contributed by atoms with Crippen molar-refractivity contribution in [2.75, 3.05) is 11.9 Å². The van der Waals surface area contributed by atoms with Crippen molar-refractivity contribution in [1.29, 1.82) is 0 Å². The van der Waals surface area contributed by atoms with Crippen molar-refractivity contribution in [2.45, 2.75) is 44.5 Å². The molecule has 0 bridgehead atoms.